The summed E-state index contributed by atoms with van der Waals surface area (Å²) in [6, 6.07) is 5.56. The molecular formula is C10H11ClO3. The van der Waals surface area contributed by atoms with Crippen LogP contribution in [-0.4, -0.2) is 17.7 Å². The molecule has 0 unspecified atom stereocenters. The van der Waals surface area contributed by atoms with E-state index in [1.165, 1.54) is 0 Å². The maximum atomic E-state index is 10.2. The lowest BCUT2D eigenvalue weighted by atomic mass is 10.2. The van der Waals surface area contributed by atoms with E-state index in [-0.39, 0.29) is 13.2 Å². The smallest absolute Gasteiger partial charge is 0.329 e. The van der Waals surface area contributed by atoms with Crippen LogP contribution in [0.25, 0.3) is 0 Å². The molecule has 1 N–H and O–H groups in total. The Morgan fingerprint density at radius 2 is 2.29 bits per heavy atom. The molecule has 0 spiro atoms. The first-order chi connectivity index (χ1) is 6.59. The van der Waals surface area contributed by atoms with Crippen LogP contribution in [0.2, 0.25) is 5.02 Å². The summed E-state index contributed by atoms with van der Waals surface area (Å²) in [5.74, 6) is -0.978. The molecule has 4 heteroatoms. The van der Waals surface area contributed by atoms with Gasteiger partial charge in [-0.2, -0.15) is 0 Å². The van der Waals surface area contributed by atoms with E-state index in [2.05, 4.69) is 0 Å². The van der Waals surface area contributed by atoms with E-state index >= 15 is 0 Å². The fourth-order valence-corrected chi connectivity index (χ4v) is 1.31. The predicted molar refractivity (Wildman–Crippen MR) is 53.5 cm³/mol. The summed E-state index contributed by atoms with van der Waals surface area (Å²) in [5, 5.41) is 8.95. The maximum Gasteiger partial charge on any atom is 0.329 e. The molecule has 1 aromatic carbocycles. The first-order valence-electron chi connectivity index (χ1n) is 4.14. The molecular weight excluding hydrogens is 204 g/mol. The average Bonchev–Trinajstić information content (AvgIpc) is 2.08. The summed E-state index contributed by atoms with van der Waals surface area (Å²) in [6.07, 6.45) is 0. The van der Waals surface area contributed by atoms with E-state index in [0.29, 0.717) is 5.02 Å². The number of rotatable bonds is 4. The summed E-state index contributed by atoms with van der Waals surface area (Å²) >= 11 is 5.92. The molecule has 0 radical (unpaired) electrons. The van der Waals surface area contributed by atoms with Gasteiger partial charge in [-0.05, 0) is 24.1 Å². The lowest BCUT2D eigenvalue weighted by Gasteiger charge is -2.04. The Hall–Kier alpha value is -1.06. The molecule has 0 saturated heterocycles. The molecule has 0 heterocycles. The van der Waals surface area contributed by atoms with Crippen LogP contribution in [-0.2, 0) is 16.1 Å². The standard InChI is InChI=1S/C10H11ClO3/c1-7-2-3-8(9(11)4-7)5-14-6-10(12)13/h2-4H,5-6H2,1H3,(H,12,13). The maximum absolute atomic E-state index is 10.2. The highest BCUT2D eigenvalue weighted by Gasteiger charge is 2.02. The Morgan fingerprint density at radius 3 is 2.86 bits per heavy atom. The summed E-state index contributed by atoms with van der Waals surface area (Å²) in [7, 11) is 0. The van der Waals surface area contributed by atoms with Gasteiger partial charge in [0.15, 0.2) is 0 Å². The Balaban J connectivity index is 2.55. The molecule has 14 heavy (non-hydrogen) atoms. The molecule has 3 nitrogen and oxygen atoms in total. The average molecular weight is 215 g/mol. The van der Waals surface area contributed by atoms with Crippen molar-refractivity contribution in [1.82, 2.24) is 0 Å². The highest BCUT2D eigenvalue weighted by Crippen LogP contribution is 2.18. The molecule has 0 aliphatic carbocycles. The van der Waals surface area contributed by atoms with Gasteiger partial charge >= 0.3 is 5.97 Å². The van der Waals surface area contributed by atoms with Crippen LogP contribution in [0.4, 0.5) is 0 Å². The molecule has 0 aromatic heterocycles. The van der Waals surface area contributed by atoms with Crippen molar-refractivity contribution in [3.63, 3.8) is 0 Å². The number of ether oxygens (including phenoxy) is 1. The number of hydrogen-bond donors (Lipinski definition) is 1. The van der Waals surface area contributed by atoms with Gasteiger partial charge in [-0.1, -0.05) is 23.7 Å². The number of carboxylic acids is 1. The van der Waals surface area contributed by atoms with E-state index in [4.69, 9.17) is 21.4 Å². The number of aryl methyl sites for hydroxylation is 1. The van der Waals surface area contributed by atoms with Gasteiger partial charge in [0, 0.05) is 5.02 Å². The number of halogens is 1. The molecule has 0 saturated carbocycles. The van der Waals surface area contributed by atoms with Gasteiger partial charge in [0.1, 0.15) is 6.61 Å². The zero-order chi connectivity index (χ0) is 10.6. The second-order valence-corrected chi connectivity index (χ2v) is 3.39. The third-order valence-corrected chi connectivity index (χ3v) is 2.04. The molecule has 0 fully saturated rings. The minimum absolute atomic E-state index is 0.228. The van der Waals surface area contributed by atoms with E-state index < -0.39 is 5.97 Å². The van der Waals surface area contributed by atoms with Crippen LogP contribution in [0.3, 0.4) is 0 Å². The third-order valence-electron chi connectivity index (χ3n) is 1.69. The van der Waals surface area contributed by atoms with Crippen LogP contribution in [0.5, 0.6) is 0 Å². The molecule has 76 valence electrons. The van der Waals surface area contributed by atoms with Crippen LogP contribution in [0, 0.1) is 6.92 Å². The fraction of sp³-hybridized carbons (Fsp3) is 0.300. The topological polar surface area (TPSA) is 46.5 Å². The monoisotopic (exact) mass is 214 g/mol. The van der Waals surface area contributed by atoms with Crippen LogP contribution in [0.1, 0.15) is 11.1 Å². The van der Waals surface area contributed by atoms with Gasteiger partial charge in [-0.15, -0.1) is 0 Å². The minimum Gasteiger partial charge on any atom is -0.480 e. The van der Waals surface area contributed by atoms with Gasteiger partial charge in [-0.25, -0.2) is 4.79 Å². The van der Waals surface area contributed by atoms with Gasteiger partial charge in [0.05, 0.1) is 6.61 Å². The van der Waals surface area contributed by atoms with Gasteiger partial charge in [0.2, 0.25) is 0 Å². The van der Waals surface area contributed by atoms with E-state index in [1.54, 1.807) is 0 Å². The first-order valence-corrected chi connectivity index (χ1v) is 4.52. The number of carbonyl (C=O) groups is 1. The minimum atomic E-state index is -0.978. The van der Waals surface area contributed by atoms with Crippen molar-refractivity contribution in [2.45, 2.75) is 13.5 Å². The lowest BCUT2D eigenvalue weighted by Crippen LogP contribution is -2.06. The highest BCUT2D eigenvalue weighted by atomic mass is 35.5. The van der Waals surface area contributed by atoms with E-state index in [9.17, 15) is 4.79 Å². The van der Waals surface area contributed by atoms with E-state index in [1.807, 2.05) is 25.1 Å². The normalized spacial score (nSPS) is 10.1. The van der Waals surface area contributed by atoms with E-state index in [0.717, 1.165) is 11.1 Å². The van der Waals surface area contributed by atoms with Crippen LogP contribution in [0.15, 0.2) is 18.2 Å². The molecule has 0 amide bonds. The number of carboxylic acid groups (broad SMARTS) is 1. The summed E-state index contributed by atoms with van der Waals surface area (Å²) in [6.45, 7) is 1.86. The molecule has 1 aromatic rings. The number of benzene rings is 1. The largest absolute Gasteiger partial charge is 0.480 e. The number of hydrogen-bond acceptors (Lipinski definition) is 2. The second kappa shape index (κ2) is 4.98. The zero-order valence-electron chi connectivity index (χ0n) is 7.79. The molecule has 0 aliphatic heterocycles. The SMILES string of the molecule is Cc1ccc(COCC(=O)O)c(Cl)c1. The summed E-state index contributed by atoms with van der Waals surface area (Å²) in [5.41, 5.74) is 1.87. The number of aliphatic carboxylic acids is 1. The van der Waals surface area contributed by atoms with Gasteiger partial charge < -0.3 is 9.84 Å². The zero-order valence-corrected chi connectivity index (χ0v) is 8.54. The van der Waals surface area contributed by atoms with Crippen molar-refractivity contribution in [2.24, 2.45) is 0 Å². The van der Waals surface area contributed by atoms with Crippen molar-refractivity contribution in [3.8, 4) is 0 Å². The fourth-order valence-electron chi connectivity index (χ4n) is 1.02. The molecule has 1 rings (SSSR count). The first kappa shape index (κ1) is 11.0. The van der Waals surface area contributed by atoms with Crippen molar-refractivity contribution in [3.05, 3.63) is 34.3 Å². The van der Waals surface area contributed by atoms with Gasteiger partial charge in [-0.3, -0.25) is 0 Å². The van der Waals surface area contributed by atoms with Crippen molar-refractivity contribution in [1.29, 1.82) is 0 Å². The Morgan fingerprint density at radius 1 is 1.57 bits per heavy atom. The van der Waals surface area contributed by atoms with Crippen molar-refractivity contribution in [2.75, 3.05) is 6.61 Å². The van der Waals surface area contributed by atoms with Crippen molar-refractivity contribution < 1.29 is 14.6 Å². The Kier molecular flexibility index (Phi) is 3.92. The summed E-state index contributed by atoms with van der Waals surface area (Å²) in [4.78, 5) is 10.2. The van der Waals surface area contributed by atoms with Crippen molar-refractivity contribution >= 4 is 17.6 Å². The summed E-state index contributed by atoms with van der Waals surface area (Å²) < 4.78 is 4.92. The van der Waals surface area contributed by atoms with Crippen LogP contribution >= 0.6 is 11.6 Å². The van der Waals surface area contributed by atoms with Gasteiger partial charge in [0.25, 0.3) is 0 Å². The Labute approximate surface area is 87.3 Å². The highest BCUT2D eigenvalue weighted by molar-refractivity contribution is 6.31. The Bertz CT molecular complexity index is 336. The third kappa shape index (κ3) is 3.36. The molecule has 0 atom stereocenters. The van der Waals surface area contributed by atoms with Crippen LogP contribution < -0.4 is 0 Å². The molecule has 0 aliphatic rings. The second-order valence-electron chi connectivity index (χ2n) is 2.98. The predicted octanol–water partition coefficient (Wildman–Crippen LogP) is 2.25. The molecule has 0 bridgehead atoms. The lowest BCUT2D eigenvalue weighted by molar-refractivity contribution is -0.142. The quantitative estimate of drug-likeness (QED) is 0.836.